The Morgan fingerprint density at radius 2 is 0.875 bits per heavy atom. The first kappa shape index (κ1) is 25.3. The van der Waals surface area contributed by atoms with E-state index in [2.05, 4.69) is 60.9 Å². The second-order valence-corrected chi connectivity index (χ2v) is 10.3. The third-order valence-electron chi connectivity index (χ3n) is 7.61. The fourth-order valence-electron chi connectivity index (χ4n) is 5.49. The van der Waals surface area contributed by atoms with Crippen molar-refractivity contribution in [1.29, 1.82) is 0 Å². The predicted molar refractivity (Wildman–Crippen MR) is 167 cm³/mol. The van der Waals surface area contributed by atoms with Gasteiger partial charge in [0.05, 0.1) is 0 Å². The summed E-state index contributed by atoms with van der Waals surface area (Å²) < 4.78 is 0. The number of hydrogen-bond donors (Lipinski definition) is 4. The number of rotatable bonds is 7. The van der Waals surface area contributed by atoms with Crippen LogP contribution in [0.15, 0.2) is 121 Å². The van der Waals surface area contributed by atoms with Crippen molar-refractivity contribution in [2.45, 2.75) is 25.9 Å². The minimum absolute atomic E-state index is 0.133. The molecule has 4 N–H and O–H groups in total. The molecule has 2 atom stereocenters. The minimum atomic E-state index is 0.133. The van der Waals surface area contributed by atoms with Crippen LogP contribution in [0.25, 0.3) is 32.7 Å². The molecule has 6 rings (SSSR count). The maximum Gasteiger partial charge on any atom is 0.124 e. The van der Waals surface area contributed by atoms with Gasteiger partial charge in [-0.15, -0.1) is 0 Å². The second-order valence-electron chi connectivity index (χ2n) is 10.3. The molecule has 0 saturated heterocycles. The lowest BCUT2D eigenvalue weighted by Gasteiger charge is -2.19. The molecule has 4 heteroatoms. The van der Waals surface area contributed by atoms with Gasteiger partial charge in [-0.25, -0.2) is 0 Å². The zero-order valence-electron chi connectivity index (χ0n) is 22.6. The summed E-state index contributed by atoms with van der Waals surface area (Å²) in [5.74, 6) is 0.266. The van der Waals surface area contributed by atoms with Crippen LogP contribution in [0.3, 0.4) is 0 Å². The monoisotopic (exact) mass is 524 g/mol. The topological polar surface area (TPSA) is 64.5 Å². The quantitative estimate of drug-likeness (QED) is 0.168. The van der Waals surface area contributed by atoms with Gasteiger partial charge < -0.3 is 20.8 Å². The van der Waals surface area contributed by atoms with Crippen molar-refractivity contribution in [3.63, 3.8) is 0 Å². The molecule has 0 heterocycles. The first-order chi connectivity index (χ1) is 19.5. The molecule has 0 aliphatic carbocycles. The maximum absolute atomic E-state index is 11.1. The van der Waals surface area contributed by atoms with Crippen LogP contribution in [0.2, 0.25) is 0 Å². The molecule has 0 amide bonds. The van der Waals surface area contributed by atoms with Gasteiger partial charge in [-0.3, -0.25) is 0 Å². The summed E-state index contributed by atoms with van der Waals surface area (Å²) in [5.41, 5.74) is 5.66. The van der Waals surface area contributed by atoms with Gasteiger partial charge in [0.2, 0.25) is 0 Å². The van der Waals surface area contributed by atoms with Crippen molar-refractivity contribution in [1.82, 2.24) is 0 Å². The van der Waals surface area contributed by atoms with Gasteiger partial charge >= 0.3 is 0 Å². The van der Waals surface area contributed by atoms with E-state index in [-0.39, 0.29) is 23.6 Å². The highest BCUT2D eigenvalue weighted by molar-refractivity contribution is 6.10. The average molecular weight is 525 g/mol. The summed E-state index contributed by atoms with van der Waals surface area (Å²) >= 11 is 0. The van der Waals surface area contributed by atoms with Crippen molar-refractivity contribution in [2.75, 3.05) is 10.6 Å². The number of anilines is 2. The summed E-state index contributed by atoms with van der Waals surface area (Å²) in [4.78, 5) is 0. The molecule has 2 unspecified atom stereocenters. The van der Waals surface area contributed by atoms with Crippen LogP contribution < -0.4 is 10.6 Å². The fourth-order valence-corrected chi connectivity index (χ4v) is 5.49. The Bertz CT molecular complexity index is 1660. The smallest absolute Gasteiger partial charge is 0.124 e. The summed E-state index contributed by atoms with van der Waals surface area (Å²) in [7, 11) is 0. The molecular weight excluding hydrogens is 492 g/mol. The van der Waals surface area contributed by atoms with E-state index in [9.17, 15) is 10.2 Å². The van der Waals surface area contributed by atoms with Crippen LogP contribution >= 0.6 is 0 Å². The third-order valence-corrected chi connectivity index (χ3v) is 7.61. The van der Waals surface area contributed by atoms with E-state index in [1.165, 1.54) is 11.1 Å². The highest BCUT2D eigenvalue weighted by atomic mass is 16.3. The molecule has 0 aliphatic heterocycles. The molecule has 0 radical (unpaired) electrons. The molecule has 4 nitrogen and oxygen atoms in total. The van der Waals surface area contributed by atoms with Crippen molar-refractivity contribution in [3.05, 3.63) is 132 Å². The van der Waals surface area contributed by atoms with Gasteiger partial charge in [-0.2, -0.15) is 0 Å². The summed E-state index contributed by atoms with van der Waals surface area (Å²) in [6.45, 7) is 4.28. The Hall–Kier alpha value is -4.96. The Morgan fingerprint density at radius 3 is 1.27 bits per heavy atom. The second kappa shape index (κ2) is 10.7. The molecule has 6 aromatic rings. The van der Waals surface area contributed by atoms with Gasteiger partial charge in [0, 0.05) is 34.6 Å². The molecule has 0 bridgehead atoms. The van der Waals surface area contributed by atoms with Crippen molar-refractivity contribution in [2.24, 2.45) is 0 Å². The zero-order chi connectivity index (χ0) is 27.6. The Balaban J connectivity index is 1.37. The highest BCUT2D eigenvalue weighted by Gasteiger charge is 2.18. The molecule has 40 heavy (non-hydrogen) atoms. The molecular formula is C36H32N2O2. The normalized spacial score (nSPS) is 12.8. The molecule has 0 aliphatic rings. The van der Waals surface area contributed by atoms with Gasteiger partial charge in [-0.1, -0.05) is 84.9 Å². The molecule has 198 valence electrons. The van der Waals surface area contributed by atoms with Gasteiger partial charge in [0.15, 0.2) is 0 Å². The first-order valence-corrected chi connectivity index (χ1v) is 13.6. The fraction of sp³-hybridized carbons (Fsp3) is 0.111. The predicted octanol–water partition coefficient (Wildman–Crippen LogP) is 9.42. The van der Waals surface area contributed by atoms with Crippen molar-refractivity contribution in [3.8, 4) is 22.6 Å². The van der Waals surface area contributed by atoms with Crippen LogP contribution in [0, 0.1) is 0 Å². The molecule has 6 aromatic carbocycles. The van der Waals surface area contributed by atoms with Crippen LogP contribution in [0.5, 0.6) is 11.5 Å². The Kier molecular flexibility index (Phi) is 6.75. The Labute approximate surface area is 234 Å². The van der Waals surface area contributed by atoms with Crippen LogP contribution in [-0.2, 0) is 0 Å². The number of benzene rings is 6. The van der Waals surface area contributed by atoms with E-state index >= 15 is 0 Å². The number of phenols is 2. The Morgan fingerprint density at radius 1 is 0.475 bits per heavy atom. The SMILES string of the molecule is CC(Nc1ccc2c(-c3c(O)ccc4cc(NC(C)c5ccccc5)ccc34)c(O)ccc2c1)c1ccccc1. The number of hydrogen-bond acceptors (Lipinski definition) is 4. The van der Waals surface area contributed by atoms with E-state index in [4.69, 9.17) is 0 Å². The van der Waals surface area contributed by atoms with Gasteiger partial charge in [0.25, 0.3) is 0 Å². The minimum Gasteiger partial charge on any atom is -0.507 e. The number of phenolic OH excluding ortho intramolecular Hbond substituents is 2. The van der Waals surface area contributed by atoms with Crippen molar-refractivity contribution >= 4 is 32.9 Å². The van der Waals surface area contributed by atoms with Crippen LogP contribution in [0.1, 0.15) is 37.1 Å². The van der Waals surface area contributed by atoms with E-state index in [1.54, 1.807) is 12.1 Å². The molecule has 0 fully saturated rings. The number of fused-ring (bicyclic) bond motifs is 2. The lowest BCUT2D eigenvalue weighted by Crippen LogP contribution is -2.06. The van der Waals surface area contributed by atoms with E-state index in [0.29, 0.717) is 11.1 Å². The lowest BCUT2D eigenvalue weighted by atomic mass is 9.92. The highest BCUT2D eigenvalue weighted by Crippen LogP contribution is 2.45. The maximum atomic E-state index is 11.1. The van der Waals surface area contributed by atoms with Crippen LogP contribution in [-0.4, -0.2) is 10.2 Å². The van der Waals surface area contributed by atoms with Crippen LogP contribution in [0.4, 0.5) is 11.4 Å². The molecule has 0 aromatic heterocycles. The largest absolute Gasteiger partial charge is 0.507 e. The summed E-state index contributed by atoms with van der Waals surface area (Å²) in [5, 5.41) is 33.0. The summed E-state index contributed by atoms with van der Waals surface area (Å²) in [6.07, 6.45) is 0. The first-order valence-electron chi connectivity index (χ1n) is 13.6. The van der Waals surface area contributed by atoms with Gasteiger partial charge in [-0.05, 0) is 82.9 Å². The lowest BCUT2D eigenvalue weighted by molar-refractivity contribution is 0.470. The van der Waals surface area contributed by atoms with E-state index in [1.807, 2.05) is 72.8 Å². The number of nitrogens with one attached hydrogen (secondary N) is 2. The average Bonchev–Trinajstić information content (AvgIpc) is 2.98. The van der Waals surface area contributed by atoms with E-state index in [0.717, 1.165) is 32.9 Å². The van der Waals surface area contributed by atoms with Gasteiger partial charge in [0.1, 0.15) is 11.5 Å². The van der Waals surface area contributed by atoms with Crippen molar-refractivity contribution < 1.29 is 10.2 Å². The van der Waals surface area contributed by atoms with E-state index < -0.39 is 0 Å². The molecule has 0 saturated carbocycles. The molecule has 0 spiro atoms. The number of aromatic hydroxyl groups is 2. The zero-order valence-corrected chi connectivity index (χ0v) is 22.6. The standard InChI is InChI=1S/C36H32N2O2/c1-23(25-9-5-3-6-10-25)37-29-15-17-31-27(21-29)13-19-33(39)35(31)36-32-18-16-30(22-28(32)14-20-34(36)40)38-24(2)26-11-7-4-8-12-26/h3-24,37-40H,1-2H3. The third kappa shape index (κ3) is 4.92. The summed E-state index contributed by atoms with van der Waals surface area (Å²) in [6, 6.07) is 40.5.